The first-order chi connectivity index (χ1) is 9.63. The molecule has 2 rings (SSSR count). The number of carbonyl (C=O) groups excluding carboxylic acids is 1. The van der Waals surface area contributed by atoms with Crippen LogP contribution >= 0.6 is 0 Å². The van der Waals surface area contributed by atoms with Gasteiger partial charge in [0, 0.05) is 25.0 Å². The Labute approximate surface area is 120 Å². The van der Waals surface area contributed by atoms with Gasteiger partial charge in [0.15, 0.2) is 0 Å². The third-order valence-corrected chi connectivity index (χ3v) is 3.17. The Bertz CT molecular complexity index is 549. The van der Waals surface area contributed by atoms with Crippen LogP contribution < -0.4 is 5.32 Å². The van der Waals surface area contributed by atoms with Crippen LogP contribution in [0, 0.1) is 5.92 Å². The molecule has 0 aliphatic carbocycles. The molecule has 1 aromatic carbocycles. The molecule has 0 aliphatic rings. The summed E-state index contributed by atoms with van der Waals surface area (Å²) in [6.07, 6.45) is 5.78. The first-order valence-electron chi connectivity index (χ1n) is 6.89. The van der Waals surface area contributed by atoms with Crippen LogP contribution in [0.4, 0.5) is 5.69 Å². The summed E-state index contributed by atoms with van der Waals surface area (Å²) in [4.78, 5) is 15.1. The predicted molar refractivity (Wildman–Crippen MR) is 81.6 cm³/mol. The SMILES string of the molecule is CC(=O)Nc1ccc(CC(C)Cc2cccnc2)cc1. The fourth-order valence-electron chi connectivity index (χ4n) is 2.32. The second kappa shape index (κ2) is 6.85. The maximum atomic E-state index is 11.0. The smallest absolute Gasteiger partial charge is 0.221 e. The van der Waals surface area contributed by atoms with Crippen LogP contribution in [0.1, 0.15) is 25.0 Å². The zero-order valence-corrected chi connectivity index (χ0v) is 12.0. The number of amides is 1. The Morgan fingerprint density at radius 1 is 1.15 bits per heavy atom. The lowest BCUT2D eigenvalue weighted by molar-refractivity contribution is -0.114. The number of carbonyl (C=O) groups is 1. The average molecular weight is 268 g/mol. The third kappa shape index (κ3) is 4.50. The minimum Gasteiger partial charge on any atom is -0.326 e. The van der Waals surface area contributed by atoms with Crippen molar-refractivity contribution in [1.82, 2.24) is 4.98 Å². The quantitative estimate of drug-likeness (QED) is 0.902. The molecule has 0 radical (unpaired) electrons. The van der Waals surface area contributed by atoms with Crippen LogP contribution in [0.15, 0.2) is 48.8 Å². The minimum atomic E-state index is -0.0392. The van der Waals surface area contributed by atoms with Gasteiger partial charge >= 0.3 is 0 Å². The van der Waals surface area contributed by atoms with Gasteiger partial charge in [-0.2, -0.15) is 0 Å². The van der Waals surface area contributed by atoms with Gasteiger partial charge < -0.3 is 5.32 Å². The topological polar surface area (TPSA) is 42.0 Å². The van der Waals surface area contributed by atoms with E-state index in [2.05, 4.69) is 35.4 Å². The Morgan fingerprint density at radius 2 is 1.85 bits per heavy atom. The van der Waals surface area contributed by atoms with Crippen LogP contribution in [-0.4, -0.2) is 10.9 Å². The summed E-state index contributed by atoms with van der Waals surface area (Å²) in [6, 6.07) is 12.1. The fraction of sp³-hybridized carbons (Fsp3) is 0.294. The largest absolute Gasteiger partial charge is 0.326 e. The van der Waals surface area contributed by atoms with E-state index in [1.165, 1.54) is 18.1 Å². The molecule has 1 unspecified atom stereocenters. The zero-order valence-electron chi connectivity index (χ0n) is 12.0. The number of rotatable bonds is 5. The van der Waals surface area contributed by atoms with Crippen molar-refractivity contribution in [1.29, 1.82) is 0 Å². The van der Waals surface area contributed by atoms with Crippen LogP contribution in [0.2, 0.25) is 0 Å². The van der Waals surface area contributed by atoms with E-state index in [1.807, 2.05) is 24.4 Å². The highest BCUT2D eigenvalue weighted by Crippen LogP contribution is 2.16. The van der Waals surface area contributed by atoms with E-state index < -0.39 is 0 Å². The van der Waals surface area contributed by atoms with E-state index in [-0.39, 0.29) is 5.91 Å². The molecule has 0 saturated heterocycles. The second-order valence-corrected chi connectivity index (χ2v) is 5.25. The van der Waals surface area contributed by atoms with Gasteiger partial charge in [0.25, 0.3) is 0 Å². The van der Waals surface area contributed by atoms with Crippen LogP contribution in [-0.2, 0) is 17.6 Å². The summed E-state index contributed by atoms with van der Waals surface area (Å²) >= 11 is 0. The summed E-state index contributed by atoms with van der Waals surface area (Å²) in [5.41, 5.74) is 3.41. The van der Waals surface area contributed by atoms with Crippen molar-refractivity contribution in [2.75, 3.05) is 5.32 Å². The van der Waals surface area contributed by atoms with Crippen LogP contribution in [0.5, 0.6) is 0 Å². The average Bonchev–Trinajstić information content (AvgIpc) is 2.41. The van der Waals surface area contributed by atoms with Crippen molar-refractivity contribution in [3.63, 3.8) is 0 Å². The van der Waals surface area contributed by atoms with E-state index in [9.17, 15) is 4.79 Å². The van der Waals surface area contributed by atoms with Crippen molar-refractivity contribution in [2.24, 2.45) is 5.92 Å². The number of benzene rings is 1. The first-order valence-corrected chi connectivity index (χ1v) is 6.89. The van der Waals surface area contributed by atoms with Crippen molar-refractivity contribution in [2.45, 2.75) is 26.7 Å². The highest BCUT2D eigenvalue weighted by atomic mass is 16.1. The molecule has 1 amide bonds. The molecule has 0 saturated carbocycles. The maximum Gasteiger partial charge on any atom is 0.221 e. The number of nitrogens with zero attached hydrogens (tertiary/aromatic N) is 1. The predicted octanol–water partition coefficient (Wildman–Crippen LogP) is 3.46. The number of aromatic nitrogens is 1. The van der Waals surface area contributed by atoms with E-state index in [0.717, 1.165) is 18.5 Å². The van der Waals surface area contributed by atoms with Crippen molar-refractivity contribution < 1.29 is 4.79 Å². The van der Waals surface area contributed by atoms with Gasteiger partial charge in [0.2, 0.25) is 5.91 Å². The molecule has 1 heterocycles. The highest BCUT2D eigenvalue weighted by molar-refractivity contribution is 5.88. The van der Waals surface area contributed by atoms with Crippen molar-refractivity contribution in [3.05, 3.63) is 59.9 Å². The molecule has 20 heavy (non-hydrogen) atoms. The molecule has 0 aliphatic heterocycles. The molecule has 2 aromatic rings. The Morgan fingerprint density at radius 3 is 2.45 bits per heavy atom. The van der Waals surface area contributed by atoms with Gasteiger partial charge in [0.1, 0.15) is 0 Å². The first kappa shape index (κ1) is 14.3. The van der Waals surface area contributed by atoms with Gasteiger partial charge in [-0.25, -0.2) is 0 Å². The molecule has 3 nitrogen and oxygen atoms in total. The summed E-state index contributed by atoms with van der Waals surface area (Å²) < 4.78 is 0. The van der Waals surface area contributed by atoms with Crippen molar-refractivity contribution in [3.8, 4) is 0 Å². The van der Waals surface area contributed by atoms with E-state index in [4.69, 9.17) is 0 Å². The molecule has 1 N–H and O–H groups in total. The number of hydrogen-bond donors (Lipinski definition) is 1. The maximum absolute atomic E-state index is 11.0. The van der Waals surface area contributed by atoms with Crippen LogP contribution in [0.25, 0.3) is 0 Å². The number of pyridine rings is 1. The molecule has 0 fully saturated rings. The summed E-state index contributed by atoms with van der Waals surface area (Å²) in [7, 11) is 0. The molecule has 1 atom stereocenters. The van der Waals surface area contributed by atoms with Gasteiger partial charge in [-0.3, -0.25) is 9.78 Å². The lowest BCUT2D eigenvalue weighted by Gasteiger charge is -2.12. The molecule has 104 valence electrons. The van der Waals surface area contributed by atoms with E-state index in [1.54, 1.807) is 6.20 Å². The number of anilines is 1. The Hall–Kier alpha value is -2.16. The van der Waals surface area contributed by atoms with Gasteiger partial charge in [-0.15, -0.1) is 0 Å². The lowest BCUT2D eigenvalue weighted by Crippen LogP contribution is -2.06. The van der Waals surface area contributed by atoms with Crippen molar-refractivity contribution >= 4 is 11.6 Å². The van der Waals surface area contributed by atoms with Gasteiger partial charge in [-0.05, 0) is 48.1 Å². The van der Waals surface area contributed by atoms with Gasteiger partial charge in [-0.1, -0.05) is 25.1 Å². The molecule has 1 aromatic heterocycles. The monoisotopic (exact) mass is 268 g/mol. The second-order valence-electron chi connectivity index (χ2n) is 5.25. The highest BCUT2D eigenvalue weighted by Gasteiger charge is 2.05. The van der Waals surface area contributed by atoms with E-state index in [0.29, 0.717) is 5.92 Å². The minimum absolute atomic E-state index is 0.0392. The molecule has 0 spiro atoms. The summed E-state index contributed by atoms with van der Waals surface area (Å²) in [5, 5.41) is 2.78. The third-order valence-electron chi connectivity index (χ3n) is 3.17. The van der Waals surface area contributed by atoms with Crippen LogP contribution in [0.3, 0.4) is 0 Å². The summed E-state index contributed by atoms with van der Waals surface area (Å²) in [6.45, 7) is 3.76. The lowest BCUT2D eigenvalue weighted by atomic mass is 9.95. The van der Waals surface area contributed by atoms with E-state index >= 15 is 0 Å². The molecular formula is C17H20N2O. The number of hydrogen-bond acceptors (Lipinski definition) is 2. The molecule has 3 heteroatoms. The standard InChI is InChI=1S/C17H20N2O/c1-13(11-16-4-3-9-18-12-16)10-15-5-7-17(8-6-15)19-14(2)20/h3-9,12-13H,10-11H2,1-2H3,(H,19,20). The Balaban J connectivity index is 1.91. The zero-order chi connectivity index (χ0) is 14.4. The molecular weight excluding hydrogens is 248 g/mol. The van der Waals surface area contributed by atoms with Gasteiger partial charge in [0.05, 0.1) is 0 Å². The molecule has 0 bridgehead atoms. The number of nitrogens with one attached hydrogen (secondary N) is 1. The summed E-state index contributed by atoms with van der Waals surface area (Å²) in [5.74, 6) is 0.522. The fourth-order valence-corrected chi connectivity index (χ4v) is 2.32. The Kier molecular flexibility index (Phi) is 4.88. The normalized spacial score (nSPS) is 11.9.